The molecule has 3 aliphatic heterocycles. The quantitative estimate of drug-likeness (QED) is 0.495. The van der Waals surface area contributed by atoms with Crippen LogP contribution in [0, 0.1) is 16.7 Å². The number of piperazine rings is 1. The smallest absolute Gasteiger partial charge is 0.369 e. The van der Waals surface area contributed by atoms with E-state index in [1.807, 2.05) is 7.05 Å². The van der Waals surface area contributed by atoms with Crippen molar-refractivity contribution in [2.24, 2.45) is 5.41 Å². The zero-order valence-electron chi connectivity index (χ0n) is 16.8. The summed E-state index contributed by atoms with van der Waals surface area (Å²) in [6.45, 7) is 4.52. The van der Waals surface area contributed by atoms with Gasteiger partial charge in [-0.25, -0.2) is 0 Å². The van der Waals surface area contributed by atoms with Gasteiger partial charge in [0.25, 0.3) is 0 Å². The summed E-state index contributed by atoms with van der Waals surface area (Å²) in [5.41, 5.74) is 2.40. The molecule has 3 heterocycles. The SMILES string of the molecule is CN1CCN(C2=C3CN(C)CC34CC(=CC#N)CC=C4N(C(F)(F)F)C=C2)CC1. The molecular weight excluding hydrogens is 379 g/mol. The molecule has 0 aromatic carbocycles. The summed E-state index contributed by atoms with van der Waals surface area (Å²) >= 11 is 0. The monoisotopic (exact) mass is 405 g/mol. The van der Waals surface area contributed by atoms with Crippen molar-refractivity contribution >= 4 is 0 Å². The molecule has 1 aliphatic carbocycles. The fourth-order valence-electron chi connectivity index (χ4n) is 5.15. The Labute approximate surface area is 169 Å². The van der Waals surface area contributed by atoms with Crippen molar-refractivity contribution < 1.29 is 13.2 Å². The molecule has 0 aromatic rings. The fraction of sp³-hybridized carbons (Fsp3) is 0.571. The Hall–Kier alpha value is -2.24. The molecule has 5 nitrogen and oxygen atoms in total. The summed E-state index contributed by atoms with van der Waals surface area (Å²) < 4.78 is 42.1. The van der Waals surface area contributed by atoms with Gasteiger partial charge in [0.2, 0.25) is 0 Å². The topological polar surface area (TPSA) is 36.8 Å². The number of rotatable bonds is 1. The molecule has 156 valence electrons. The maximum atomic E-state index is 14.0. The Morgan fingerprint density at radius 2 is 1.86 bits per heavy atom. The average molecular weight is 405 g/mol. The van der Waals surface area contributed by atoms with E-state index in [9.17, 15) is 13.2 Å². The van der Waals surface area contributed by atoms with Crippen LogP contribution in [0.15, 0.2) is 47.0 Å². The predicted molar refractivity (Wildman–Crippen MR) is 104 cm³/mol. The average Bonchev–Trinajstić information content (AvgIpc) is 2.89. The third-order valence-electron chi connectivity index (χ3n) is 6.46. The first kappa shape index (κ1) is 20.0. The summed E-state index contributed by atoms with van der Waals surface area (Å²) in [5, 5.41) is 9.14. The zero-order valence-corrected chi connectivity index (χ0v) is 16.8. The number of likely N-dealkylation sites (N-methyl/N-ethyl adjacent to an activating group) is 2. The molecule has 0 aromatic heterocycles. The van der Waals surface area contributed by atoms with E-state index in [-0.39, 0.29) is 0 Å². The summed E-state index contributed by atoms with van der Waals surface area (Å²) in [5.74, 6) is 0. The highest BCUT2D eigenvalue weighted by atomic mass is 19.4. The minimum Gasteiger partial charge on any atom is -0.369 e. The lowest BCUT2D eigenvalue weighted by Gasteiger charge is -2.42. The minimum atomic E-state index is -4.49. The Kier molecular flexibility index (Phi) is 4.99. The van der Waals surface area contributed by atoms with Crippen molar-refractivity contribution in [2.75, 3.05) is 53.4 Å². The molecular formula is C21H26F3N5. The second-order valence-electron chi connectivity index (χ2n) is 8.46. The highest BCUT2D eigenvalue weighted by Gasteiger charge is 2.54. The molecule has 8 heteroatoms. The van der Waals surface area contributed by atoms with Crippen molar-refractivity contribution in [3.8, 4) is 6.07 Å². The Bertz CT molecular complexity index is 839. The van der Waals surface area contributed by atoms with Crippen molar-refractivity contribution in [3.05, 3.63) is 47.0 Å². The van der Waals surface area contributed by atoms with E-state index in [0.717, 1.165) is 43.0 Å². The van der Waals surface area contributed by atoms with Crippen LogP contribution in [-0.4, -0.2) is 79.3 Å². The van der Waals surface area contributed by atoms with E-state index in [2.05, 4.69) is 27.8 Å². The van der Waals surface area contributed by atoms with Crippen LogP contribution in [0.25, 0.3) is 0 Å². The summed E-state index contributed by atoms with van der Waals surface area (Å²) in [7, 11) is 4.02. The van der Waals surface area contributed by atoms with Crippen molar-refractivity contribution in [1.29, 1.82) is 5.26 Å². The number of nitrogens with zero attached hydrogens (tertiary/aromatic N) is 5. The van der Waals surface area contributed by atoms with Crippen LogP contribution in [0.3, 0.4) is 0 Å². The van der Waals surface area contributed by atoms with Crippen LogP contribution in [0.5, 0.6) is 0 Å². The van der Waals surface area contributed by atoms with Gasteiger partial charge in [0.15, 0.2) is 0 Å². The highest BCUT2D eigenvalue weighted by molar-refractivity contribution is 5.48. The maximum Gasteiger partial charge on any atom is 0.488 e. The summed E-state index contributed by atoms with van der Waals surface area (Å²) in [6.07, 6.45) is 2.38. The van der Waals surface area contributed by atoms with Crippen LogP contribution in [0.4, 0.5) is 13.2 Å². The van der Waals surface area contributed by atoms with Gasteiger partial charge < -0.3 is 14.7 Å². The molecule has 4 aliphatic rings. The van der Waals surface area contributed by atoms with E-state index < -0.39 is 11.7 Å². The fourth-order valence-corrected chi connectivity index (χ4v) is 5.15. The highest BCUT2D eigenvalue weighted by Crippen LogP contribution is 2.55. The molecule has 1 spiro atoms. The molecule has 1 unspecified atom stereocenters. The largest absolute Gasteiger partial charge is 0.488 e. The maximum absolute atomic E-state index is 14.0. The molecule has 0 amide bonds. The predicted octanol–water partition coefficient (Wildman–Crippen LogP) is 2.90. The Morgan fingerprint density at radius 3 is 2.52 bits per heavy atom. The zero-order chi connectivity index (χ0) is 20.8. The van der Waals surface area contributed by atoms with Gasteiger partial charge in [-0.2, -0.15) is 5.26 Å². The first-order valence-corrected chi connectivity index (χ1v) is 9.93. The molecule has 2 saturated heterocycles. The molecule has 4 rings (SSSR count). The number of nitriles is 1. The number of hydrogen-bond acceptors (Lipinski definition) is 5. The lowest BCUT2D eigenvalue weighted by atomic mass is 9.69. The lowest BCUT2D eigenvalue weighted by Crippen LogP contribution is -2.45. The van der Waals surface area contributed by atoms with Crippen LogP contribution in [-0.2, 0) is 0 Å². The Balaban J connectivity index is 1.88. The van der Waals surface area contributed by atoms with Gasteiger partial charge in [-0.3, -0.25) is 4.90 Å². The van der Waals surface area contributed by atoms with E-state index in [4.69, 9.17) is 5.26 Å². The normalized spacial score (nSPS) is 30.2. The molecule has 0 N–H and O–H groups in total. The molecule has 0 saturated carbocycles. The number of allylic oxidation sites excluding steroid dienone is 4. The lowest BCUT2D eigenvalue weighted by molar-refractivity contribution is -0.219. The number of likely N-dealkylation sites (tertiary alicyclic amines) is 1. The van der Waals surface area contributed by atoms with Gasteiger partial charge in [-0.15, -0.1) is 13.2 Å². The number of halogens is 3. The van der Waals surface area contributed by atoms with E-state index >= 15 is 0 Å². The molecule has 0 radical (unpaired) electrons. The Morgan fingerprint density at radius 1 is 1.14 bits per heavy atom. The second kappa shape index (κ2) is 7.22. The van der Waals surface area contributed by atoms with Gasteiger partial charge in [0.1, 0.15) is 0 Å². The van der Waals surface area contributed by atoms with Crippen molar-refractivity contribution in [3.63, 3.8) is 0 Å². The van der Waals surface area contributed by atoms with Crippen molar-refractivity contribution in [1.82, 2.24) is 19.6 Å². The number of alkyl halides is 3. The van der Waals surface area contributed by atoms with Gasteiger partial charge in [0, 0.05) is 62.9 Å². The third-order valence-corrected chi connectivity index (χ3v) is 6.46. The van der Waals surface area contributed by atoms with Crippen LogP contribution in [0.1, 0.15) is 12.8 Å². The first-order valence-electron chi connectivity index (χ1n) is 9.93. The van der Waals surface area contributed by atoms with Gasteiger partial charge in [-0.1, -0.05) is 11.6 Å². The third kappa shape index (κ3) is 3.47. The van der Waals surface area contributed by atoms with Crippen LogP contribution in [0.2, 0.25) is 0 Å². The summed E-state index contributed by atoms with van der Waals surface area (Å²) in [4.78, 5) is 7.06. The number of hydrogen-bond donors (Lipinski definition) is 0. The first-order chi connectivity index (χ1) is 13.7. The van der Waals surface area contributed by atoms with E-state index in [1.54, 1.807) is 12.2 Å². The van der Waals surface area contributed by atoms with E-state index in [1.165, 1.54) is 12.3 Å². The molecule has 0 bridgehead atoms. The van der Waals surface area contributed by atoms with Gasteiger partial charge >= 0.3 is 6.30 Å². The van der Waals surface area contributed by atoms with Gasteiger partial charge in [-0.05, 0) is 38.6 Å². The second-order valence-corrected chi connectivity index (χ2v) is 8.46. The van der Waals surface area contributed by atoms with Gasteiger partial charge in [0.05, 0.1) is 11.5 Å². The summed E-state index contributed by atoms with van der Waals surface area (Å²) in [6, 6.07) is 2.07. The van der Waals surface area contributed by atoms with E-state index in [0.29, 0.717) is 36.5 Å². The molecule has 1 atom stereocenters. The molecule has 2 fully saturated rings. The standard InChI is InChI=1S/C21H26F3N5/c1-26-9-11-28(12-10-26)18-6-8-29(21(22,23)24)19-4-3-16(5-7-25)13-20(19)15-27(2)14-17(18)20/h4-6,8H,3,9-15H2,1-2H3. The molecule has 29 heavy (non-hydrogen) atoms. The minimum absolute atomic E-state index is 0.305. The van der Waals surface area contributed by atoms with Crippen molar-refractivity contribution in [2.45, 2.75) is 19.1 Å². The van der Waals surface area contributed by atoms with Crippen LogP contribution < -0.4 is 0 Å². The van der Waals surface area contributed by atoms with Crippen LogP contribution >= 0.6 is 0 Å².